The predicted molar refractivity (Wildman–Crippen MR) is 85.1 cm³/mol. The molecule has 0 aliphatic carbocycles. The van der Waals surface area contributed by atoms with E-state index in [4.69, 9.17) is 5.11 Å². The number of hydrogen-bond donors (Lipinski definition) is 1. The van der Waals surface area contributed by atoms with E-state index in [1.807, 2.05) is 31.2 Å². The molecule has 0 saturated carbocycles. The first-order valence-corrected chi connectivity index (χ1v) is 7.63. The molecule has 2 aromatic rings. The molecule has 1 amide bonds. The molecule has 0 bridgehead atoms. The van der Waals surface area contributed by atoms with Gasteiger partial charge in [0.25, 0.3) is 5.91 Å². The first-order valence-electron chi connectivity index (χ1n) is 6.84. The Hall–Kier alpha value is -2.15. The summed E-state index contributed by atoms with van der Waals surface area (Å²) in [5, 5.41) is 13.1. The summed E-state index contributed by atoms with van der Waals surface area (Å²) in [6.07, 6.45) is 2.37. The summed E-state index contributed by atoms with van der Waals surface area (Å²) >= 11 is 3.38. The number of aromatic nitrogens is 2. The van der Waals surface area contributed by atoms with E-state index in [9.17, 15) is 9.59 Å². The van der Waals surface area contributed by atoms with Crippen molar-refractivity contribution in [2.75, 3.05) is 13.1 Å². The van der Waals surface area contributed by atoms with E-state index in [1.54, 1.807) is 16.9 Å². The van der Waals surface area contributed by atoms with Crippen molar-refractivity contribution >= 4 is 27.8 Å². The lowest BCUT2D eigenvalue weighted by molar-refractivity contribution is -0.137. The maximum atomic E-state index is 12.4. The van der Waals surface area contributed by atoms with E-state index < -0.39 is 5.97 Å². The van der Waals surface area contributed by atoms with E-state index in [-0.39, 0.29) is 18.1 Å². The zero-order valence-corrected chi connectivity index (χ0v) is 13.7. The van der Waals surface area contributed by atoms with E-state index >= 15 is 0 Å². The highest BCUT2D eigenvalue weighted by molar-refractivity contribution is 9.10. The van der Waals surface area contributed by atoms with Crippen LogP contribution in [-0.2, 0) is 4.79 Å². The van der Waals surface area contributed by atoms with Crippen molar-refractivity contribution in [3.8, 4) is 5.69 Å². The van der Waals surface area contributed by atoms with Gasteiger partial charge in [-0.3, -0.25) is 9.59 Å². The van der Waals surface area contributed by atoms with E-state index in [0.29, 0.717) is 13.0 Å². The fraction of sp³-hybridized carbons (Fsp3) is 0.267. The summed E-state index contributed by atoms with van der Waals surface area (Å²) < 4.78 is 2.50. The van der Waals surface area contributed by atoms with Crippen LogP contribution in [0.5, 0.6) is 0 Å². The largest absolute Gasteiger partial charge is 0.480 e. The van der Waals surface area contributed by atoms with Crippen LogP contribution in [0, 0.1) is 0 Å². The summed E-state index contributed by atoms with van der Waals surface area (Å²) in [5.41, 5.74) is 1.04. The van der Waals surface area contributed by atoms with Gasteiger partial charge >= 0.3 is 5.97 Å². The highest BCUT2D eigenvalue weighted by Gasteiger charge is 2.20. The lowest BCUT2D eigenvalue weighted by Gasteiger charge is -2.18. The molecule has 0 saturated heterocycles. The summed E-state index contributed by atoms with van der Waals surface area (Å²) in [5.74, 6) is -1.41. The summed E-state index contributed by atoms with van der Waals surface area (Å²) in [6.45, 7) is 1.95. The Balaban J connectivity index is 2.22. The first kappa shape index (κ1) is 16.2. The topological polar surface area (TPSA) is 75.4 Å². The van der Waals surface area contributed by atoms with E-state index in [1.165, 1.54) is 4.90 Å². The van der Waals surface area contributed by atoms with Gasteiger partial charge in [-0.1, -0.05) is 28.9 Å². The molecule has 1 heterocycles. The molecule has 1 aromatic heterocycles. The number of hydrogen-bond acceptors (Lipinski definition) is 3. The van der Waals surface area contributed by atoms with Crippen LogP contribution in [0.3, 0.4) is 0 Å². The standard InChI is InChI=1S/C15H16BrN3O3/c1-2-7-18(10-14(20)21)15(22)13-6-8-19(17-13)12-5-3-4-11(16)9-12/h3-6,8-9H,2,7,10H2,1H3,(H,20,21). The van der Waals surface area contributed by atoms with Gasteiger partial charge < -0.3 is 10.0 Å². The molecule has 0 radical (unpaired) electrons. The van der Waals surface area contributed by atoms with Crippen molar-refractivity contribution < 1.29 is 14.7 Å². The lowest BCUT2D eigenvalue weighted by Crippen LogP contribution is -2.36. The van der Waals surface area contributed by atoms with Crippen LogP contribution in [0.1, 0.15) is 23.8 Å². The third kappa shape index (κ3) is 3.94. The van der Waals surface area contributed by atoms with Gasteiger partial charge in [0.15, 0.2) is 5.69 Å². The third-order valence-corrected chi connectivity index (χ3v) is 3.48. The summed E-state index contributed by atoms with van der Waals surface area (Å²) in [4.78, 5) is 24.5. The average molecular weight is 366 g/mol. The van der Waals surface area contributed by atoms with Gasteiger partial charge in [-0.15, -0.1) is 0 Å². The van der Waals surface area contributed by atoms with Gasteiger partial charge in [-0.05, 0) is 30.7 Å². The molecule has 7 heteroatoms. The van der Waals surface area contributed by atoms with Crippen molar-refractivity contribution in [1.29, 1.82) is 0 Å². The van der Waals surface area contributed by atoms with Crippen molar-refractivity contribution in [2.24, 2.45) is 0 Å². The minimum atomic E-state index is -1.03. The second kappa shape index (κ2) is 7.22. The smallest absolute Gasteiger partial charge is 0.323 e. The van der Waals surface area contributed by atoms with Crippen LogP contribution in [0.4, 0.5) is 0 Å². The third-order valence-electron chi connectivity index (χ3n) is 2.99. The monoisotopic (exact) mass is 365 g/mol. The second-order valence-corrected chi connectivity index (χ2v) is 5.66. The van der Waals surface area contributed by atoms with Gasteiger partial charge in [0.1, 0.15) is 6.54 Å². The Morgan fingerprint density at radius 1 is 1.36 bits per heavy atom. The van der Waals surface area contributed by atoms with Gasteiger partial charge in [0.2, 0.25) is 0 Å². The number of carbonyl (C=O) groups excluding carboxylic acids is 1. The molecular formula is C15H16BrN3O3. The van der Waals surface area contributed by atoms with Gasteiger partial charge in [-0.2, -0.15) is 5.10 Å². The van der Waals surface area contributed by atoms with Crippen LogP contribution in [0.15, 0.2) is 41.0 Å². The van der Waals surface area contributed by atoms with Crippen LogP contribution in [0.25, 0.3) is 5.69 Å². The molecule has 0 spiro atoms. The Morgan fingerprint density at radius 3 is 2.77 bits per heavy atom. The van der Waals surface area contributed by atoms with Crippen molar-refractivity contribution in [3.63, 3.8) is 0 Å². The van der Waals surface area contributed by atoms with E-state index in [2.05, 4.69) is 21.0 Å². The molecule has 6 nitrogen and oxygen atoms in total. The van der Waals surface area contributed by atoms with Crippen molar-refractivity contribution in [2.45, 2.75) is 13.3 Å². The average Bonchev–Trinajstić information content (AvgIpc) is 2.95. The zero-order valence-electron chi connectivity index (χ0n) is 12.1. The highest BCUT2D eigenvalue weighted by Crippen LogP contribution is 2.15. The first-order chi connectivity index (χ1) is 10.5. The van der Waals surface area contributed by atoms with Crippen LogP contribution < -0.4 is 0 Å². The van der Waals surface area contributed by atoms with Crippen molar-refractivity contribution in [3.05, 3.63) is 46.7 Å². The second-order valence-electron chi connectivity index (χ2n) is 4.75. The van der Waals surface area contributed by atoms with E-state index in [0.717, 1.165) is 10.2 Å². The molecule has 0 atom stereocenters. The lowest BCUT2D eigenvalue weighted by atomic mass is 10.3. The number of benzene rings is 1. The molecule has 22 heavy (non-hydrogen) atoms. The summed E-state index contributed by atoms with van der Waals surface area (Å²) in [7, 11) is 0. The number of aliphatic carboxylic acids is 1. The number of halogens is 1. The minimum Gasteiger partial charge on any atom is -0.480 e. The molecule has 0 unspecified atom stereocenters. The number of carbonyl (C=O) groups is 2. The summed E-state index contributed by atoms with van der Waals surface area (Å²) in [6, 6.07) is 9.11. The number of carboxylic acids is 1. The maximum absolute atomic E-state index is 12.4. The minimum absolute atomic E-state index is 0.231. The molecular weight excluding hydrogens is 350 g/mol. The quantitative estimate of drug-likeness (QED) is 0.853. The molecule has 0 aliphatic heterocycles. The Labute approximate surface area is 136 Å². The van der Waals surface area contributed by atoms with Crippen LogP contribution in [0.2, 0.25) is 0 Å². The SMILES string of the molecule is CCCN(CC(=O)O)C(=O)c1ccn(-c2cccc(Br)c2)n1. The molecule has 116 valence electrons. The molecule has 2 rings (SSSR count). The predicted octanol–water partition coefficient (Wildman–Crippen LogP) is 2.57. The number of rotatable bonds is 6. The molecule has 1 N–H and O–H groups in total. The Kier molecular flexibility index (Phi) is 5.32. The number of carboxylic acid groups (broad SMARTS) is 1. The maximum Gasteiger partial charge on any atom is 0.323 e. The molecule has 0 fully saturated rings. The number of nitrogens with zero attached hydrogens (tertiary/aromatic N) is 3. The van der Waals surface area contributed by atoms with Gasteiger partial charge in [0, 0.05) is 17.2 Å². The van der Waals surface area contributed by atoms with Crippen LogP contribution >= 0.6 is 15.9 Å². The Morgan fingerprint density at radius 2 is 2.14 bits per heavy atom. The fourth-order valence-corrected chi connectivity index (χ4v) is 2.44. The molecule has 0 aliphatic rings. The highest BCUT2D eigenvalue weighted by atomic mass is 79.9. The number of amides is 1. The normalized spacial score (nSPS) is 10.5. The van der Waals surface area contributed by atoms with Gasteiger partial charge in [0.05, 0.1) is 5.69 Å². The fourth-order valence-electron chi connectivity index (χ4n) is 2.05. The Bertz CT molecular complexity index is 684. The van der Waals surface area contributed by atoms with Crippen LogP contribution in [-0.4, -0.2) is 44.8 Å². The molecule has 1 aromatic carbocycles. The zero-order chi connectivity index (χ0) is 16.1. The van der Waals surface area contributed by atoms with Gasteiger partial charge in [-0.25, -0.2) is 4.68 Å². The van der Waals surface area contributed by atoms with Crippen molar-refractivity contribution in [1.82, 2.24) is 14.7 Å².